The van der Waals surface area contributed by atoms with Crippen molar-refractivity contribution in [3.63, 3.8) is 0 Å². The summed E-state index contributed by atoms with van der Waals surface area (Å²) < 4.78 is 28.4. The molecule has 0 radical (unpaired) electrons. The molecule has 2 aromatic rings. The fraction of sp³-hybridized carbons (Fsp3) is 0.438. The van der Waals surface area contributed by atoms with Gasteiger partial charge in [0.2, 0.25) is 0 Å². The molecule has 3 heterocycles. The largest absolute Gasteiger partial charge is 0.448 e. The second kappa shape index (κ2) is 7.45. The lowest BCUT2D eigenvalue weighted by Gasteiger charge is -2.26. The van der Waals surface area contributed by atoms with Gasteiger partial charge in [0, 0.05) is 18.5 Å². The molecule has 140 valence electrons. The van der Waals surface area contributed by atoms with Crippen LogP contribution in [0.2, 0.25) is 0 Å². The van der Waals surface area contributed by atoms with Gasteiger partial charge in [0.05, 0.1) is 16.4 Å². The number of carbonyl (C=O) groups excluding carboxylic acids is 2. The number of nitrogens with zero attached hydrogens (tertiary/aromatic N) is 2. The number of thiazole rings is 1. The summed E-state index contributed by atoms with van der Waals surface area (Å²) in [6.45, 7) is 1.48. The Labute approximate surface area is 159 Å². The van der Waals surface area contributed by atoms with Crippen molar-refractivity contribution in [2.75, 3.05) is 18.6 Å². The highest BCUT2D eigenvalue weighted by Gasteiger charge is 2.35. The number of hydrogen-bond donors (Lipinski definition) is 0. The second-order valence-corrected chi connectivity index (χ2v) is 10.1. The SMILES string of the molecule is C[C@@H](OC(=O)c1csc(-c2cccs2)n1)C(=O)N(C)[C@@H]1CCS(=O)(=O)C1. The van der Waals surface area contributed by atoms with E-state index in [1.807, 2.05) is 17.5 Å². The van der Waals surface area contributed by atoms with Crippen LogP contribution in [0.4, 0.5) is 0 Å². The van der Waals surface area contributed by atoms with Crippen molar-refractivity contribution < 1.29 is 22.7 Å². The van der Waals surface area contributed by atoms with Crippen LogP contribution < -0.4 is 0 Å². The summed E-state index contributed by atoms with van der Waals surface area (Å²) in [5, 5.41) is 4.25. The van der Waals surface area contributed by atoms with Gasteiger partial charge >= 0.3 is 5.97 Å². The number of amides is 1. The summed E-state index contributed by atoms with van der Waals surface area (Å²) in [6.07, 6.45) is -0.607. The highest BCUT2D eigenvalue weighted by molar-refractivity contribution is 7.91. The standard InChI is InChI=1S/C16H18N2O5S3/c1-10(15(19)18(2)11-5-7-26(21,22)9-11)23-16(20)12-8-25-14(17-12)13-4-3-6-24-13/h3-4,6,8,10-11H,5,7,9H2,1-2H3/t10-,11-/m1/s1. The number of aromatic nitrogens is 1. The number of sulfone groups is 1. The molecule has 0 spiro atoms. The molecule has 7 nitrogen and oxygen atoms in total. The molecule has 3 rings (SSSR count). The number of likely N-dealkylation sites (N-methyl/N-ethyl adjacent to an activating group) is 1. The fourth-order valence-corrected chi connectivity index (χ4v) is 6.08. The molecule has 1 amide bonds. The number of carbonyl (C=O) groups is 2. The summed E-state index contributed by atoms with van der Waals surface area (Å²) in [4.78, 5) is 31.3. The van der Waals surface area contributed by atoms with Gasteiger partial charge in [0.15, 0.2) is 21.6 Å². The lowest BCUT2D eigenvalue weighted by molar-refractivity contribution is -0.140. The maximum absolute atomic E-state index is 12.4. The molecular weight excluding hydrogens is 396 g/mol. The van der Waals surface area contributed by atoms with Crippen LogP contribution in [0.1, 0.15) is 23.8 Å². The van der Waals surface area contributed by atoms with Crippen molar-refractivity contribution in [3.05, 3.63) is 28.6 Å². The molecule has 1 aliphatic rings. The first kappa shape index (κ1) is 19.0. The molecule has 1 aliphatic heterocycles. The molecular formula is C16H18N2O5S3. The van der Waals surface area contributed by atoms with Crippen LogP contribution in [0.25, 0.3) is 9.88 Å². The Kier molecular flexibility index (Phi) is 5.44. The minimum atomic E-state index is -3.09. The van der Waals surface area contributed by atoms with E-state index in [1.165, 1.54) is 41.5 Å². The van der Waals surface area contributed by atoms with Crippen molar-refractivity contribution in [3.8, 4) is 9.88 Å². The zero-order valence-electron chi connectivity index (χ0n) is 14.2. The highest BCUT2D eigenvalue weighted by Crippen LogP contribution is 2.28. The van der Waals surface area contributed by atoms with Crippen LogP contribution >= 0.6 is 22.7 Å². The maximum Gasteiger partial charge on any atom is 0.358 e. The van der Waals surface area contributed by atoms with Crippen molar-refractivity contribution in [1.82, 2.24) is 9.88 Å². The summed E-state index contributed by atoms with van der Waals surface area (Å²) in [6, 6.07) is 3.44. The van der Waals surface area contributed by atoms with Crippen LogP contribution in [0.15, 0.2) is 22.9 Å². The highest BCUT2D eigenvalue weighted by atomic mass is 32.2. The summed E-state index contributed by atoms with van der Waals surface area (Å²) in [7, 11) is -1.56. The van der Waals surface area contributed by atoms with Gasteiger partial charge in [0.1, 0.15) is 5.01 Å². The first-order valence-corrected chi connectivity index (χ1v) is 11.5. The zero-order chi connectivity index (χ0) is 18.9. The quantitative estimate of drug-likeness (QED) is 0.695. The van der Waals surface area contributed by atoms with Crippen molar-refractivity contribution >= 4 is 44.4 Å². The average molecular weight is 415 g/mol. The van der Waals surface area contributed by atoms with Gasteiger partial charge in [-0.1, -0.05) is 6.07 Å². The van der Waals surface area contributed by atoms with E-state index in [2.05, 4.69) is 4.98 Å². The topological polar surface area (TPSA) is 93.6 Å². The third kappa shape index (κ3) is 4.13. The minimum absolute atomic E-state index is 0.0494. The molecule has 26 heavy (non-hydrogen) atoms. The third-order valence-corrected chi connectivity index (χ3v) is 7.81. The van der Waals surface area contributed by atoms with Crippen LogP contribution in [-0.4, -0.2) is 60.9 Å². The lowest BCUT2D eigenvalue weighted by Crippen LogP contribution is -2.44. The molecule has 0 aromatic carbocycles. The first-order chi connectivity index (χ1) is 12.3. The summed E-state index contributed by atoms with van der Waals surface area (Å²) in [5.74, 6) is -1.06. The molecule has 0 saturated carbocycles. The maximum atomic E-state index is 12.4. The summed E-state index contributed by atoms with van der Waals surface area (Å²) >= 11 is 2.86. The Morgan fingerprint density at radius 1 is 1.38 bits per heavy atom. The van der Waals surface area contributed by atoms with Gasteiger partial charge < -0.3 is 9.64 Å². The summed E-state index contributed by atoms with van der Waals surface area (Å²) in [5.41, 5.74) is 0.157. The molecule has 2 atom stereocenters. The normalized spacial score (nSPS) is 19.8. The van der Waals surface area contributed by atoms with Gasteiger partial charge in [-0.05, 0) is 24.8 Å². The molecule has 0 unspecified atom stereocenters. The molecule has 0 bridgehead atoms. The van der Waals surface area contributed by atoms with Crippen molar-refractivity contribution in [2.45, 2.75) is 25.5 Å². The Hall–Kier alpha value is -1.78. The van der Waals surface area contributed by atoms with Crippen molar-refractivity contribution in [2.24, 2.45) is 0 Å². The van der Waals surface area contributed by atoms with E-state index in [-0.39, 0.29) is 23.2 Å². The van der Waals surface area contributed by atoms with Crippen molar-refractivity contribution in [1.29, 1.82) is 0 Å². The molecule has 0 N–H and O–H groups in total. The van der Waals surface area contributed by atoms with E-state index in [0.717, 1.165) is 9.88 Å². The number of ether oxygens (including phenoxy) is 1. The fourth-order valence-electron chi connectivity index (χ4n) is 2.70. The number of rotatable bonds is 5. The van der Waals surface area contributed by atoms with Gasteiger partial charge in [0.25, 0.3) is 5.91 Å². The van der Waals surface area contributed by atoms with E-state index < -0.39 is 27.8 Å². The Bertz CT molecular complexity index is 904. The molecule has 10 heteroatoms. The molecule has 1 fully saturated rings. The molecule has 1 saturated heterocycles. The van der Waals surface area contributed by atoms with E-state index in [0.29, 0.717) is 6.42 Å². The predicted octanol–water partition coefficient (Wildman–Crippen LogP) is 2.06. The van der Waals surface area contributed by atoms with E-state index in [9.17, 15) is 18.0 Å². The van der Waals surface area contributed by atoms with Crippen LogP contribution in [0.3, 0.4) is 0 Å². The minimum Gasteiger partial charge on any atom is -0.448 e. The van der Waals surface area contributed by atoms with Crippen LogP contribution in [0, 0.1) is 0 Å². The van der Waals surface area contributed by atoms with E-state index in [1.54, 1.807) is 5.38 Å². The average Bonchev–Trinajstić information content (AvgIpc) is 3.32. The monoisotopic (exact) mass is 414 g/mol. The Morgan fingerprint density at radius 2 is 2.15 bits per heavy atom. The van der Waals surface area contributed by atoms with E-state index >= 15 is 0 Å². The van der Waals surface area contributed by atoms with Crippen LogP contribution in [0.5, 0.6) is 0 Å². The zero-order valence-corrected chi connectivity index (χ0v) is 16.7. The van der Waals surface area contributed by atoms with E-state index in [4.69, 9.17) is 4.74 Å². The predicted molar refractivity (Wildman–Crippen MR) is 100 cm³/mol. The molecule has 2 aromatic heterocycles. The van der Waals surface area contributed by atoms with Gasteiger partial charge in [-0.25, -0.2) is 18.2 Å². The third-order valence-electron chi connectivity index (χ3n) is 4.18. The number of esters is 1. The molecule has 0 aliphatic carbocycles. The number of thiophene rings is 1. The van der Waals surface area contributed by atoms with Gasteiger partial charge in [-0.15, -0.1) is 22.7 Å². The number of hydrogen-bond acceptors (Lipinski definition) is 8. The Morgan fingerprint density at radius 3 is 2.77 bits per heavy atom. The second-order valence-electron chi connectivity index (χ2n) is 6.07. The first-order valence-electron chi connectivity index (χ1n) is 7.94. The Balaban J connectivity index is 1.61. The van der Waals surface area contributed by atoms with Gasteiger partial charge in [-0.2, -0.15) is 0 Å². The van der Waals surface area contributed by atoms with Crippen LogP contribution in [-0.2, 0) is 19.4 Å². The lowest BCUT2D eigenvalue weighted by atomic mass is 10.2. The van der Waals surface area contributed by atoms with Gasteiger partial charge in [-0.3, -0.25) is 4.79 Å². The smallest absolute Gasteiger partial charge is 0.358 e.